The Hall–Kier alpha value is -3.49. The lowest BCUT2D eigenvalue weighted by Gasteiger charge is -2.20. The van der Waals surface area contributed by atoms with Crippen molar-refractivity contribution in [1.82, 2.24) is 5.32 Å². The average Bonchev–Trinajstić information content (AvgIpc) is 2.74. The lowest BCUT2D eigenvalue weighted by molar-refractivity contribution is -0.146. The molecule has 9 heteroatoms. The van der Waals surface area contributed by atoms with E-state index in [-0.39, 0.29) is 0 Å². The molecule has 2 aromatic rings. The topological polar surface area (TPSA) is 73.9 Å². The zero-order valence-electron chi connectivity index (χ0n) is 16.4. The molecule has 0 unspecified atom stereocenters. The van der Waals surface area contributed by atoms with Gasteiger partial charge >= 0.3 is 12.1 Å². The van der Waals surface area contributed by atoms with E-state index in [4.69, 9.17) is 9.47 Å². The van der Waals surface area contributed by atoms with Crippen molar-refractivity contribution in [2.75, 3.05) is 21.3 Å². The Bertz CT molecular complexity index is 940. The number of carbonyl (C=O) groups is 2. The van der Waals surface area contributed by atoms with Crippen molar-refractivity contribution in [1.29, 1.82) is 0 Å². The van der Waals surface area contributed by atoms with Crippen molar-refractivity contribution < 1.29 is 37.0 Å². The number of esters is 1. The van der Waals surface area contributed by atoms with Crippen LogP contribution < -0.4 is 14.8 Å². The van der Waals surface area contributed by atoms with Crippen LogP contribution in [-0.2, 0) is 20.5 Å². The highest BCUT2D eigenvalue weighted by atomic mass is 19.4. The summed E-state index contributed by atoms with van der Waals surface area (Å²) in [6.45, 7) is 0. The van der Waals surface area contributed by atoms with E-state index in [0.29, 0.717) is 17.1 Å². The van der Waals surface area contributed by atoms with E-state index in [1.165, 1.54) is 32.4 Å². The van der Waals surface area contributed by atoms with Gasteiger partial charge in [-0.25, -0.2) is 4.79 Å². The molecule has 0 heterocycles. The van der Waals surface area contributed by atoms with Gasteiger partial charge in [0.1, 0.15) is 0 Å². The number of ether oxygens (including phenoxy) is 3. The Morgan fingerprint density at radius 2 is 1.67 bits per heavy atom. The highest BCUT2D eigenvalue weighted by molar-refractivity contribution is 5.95. The number of carbonyl (C=O) groups excluding carboxylic acids is 2. The number of nitrogens with one attached hydrogen (secondary N) is 1. The molecule has 0 aromatic heterocycles. The highest BCUT2D eigenvalue weighted by Crippen LogP contribution is 2.35. The van der Waals surface area contributed by atoms with Crippen LogP contribution in [0.3, 0.4) is 0 Å². The van der Waals surface area contributed by atoms with E-state index >= 15 is 0 Å². The molecule has 2 rings (SSSR count). The van der Waals surface area contributed by atoms with Gasteiger partial charge in [0.15, 0.2) is 17.5 Å². The molecule has 0 saturated heterocycles. The van der Waals surface area contributed by atoms with Gasteiger partial charge in [0, 0.05) is 6.08 Å². The van der Waals surface area contributed by atoms with Gasteiger partial charge < -0.3 is 19.5 Å². The number of methoxy groups -OCH3 is 3. The quantitative estimate of drug-likeness (QED) is 0.542. The smallest absolute Gasteiger partial charge is 0.416 e. The van der Waals surface area contributed by atoms with Crippen LogP contribution in [-0.4, -0.2) is 33.2 Å². The summed E-state index contributed by atoms with van der Waals surface area (Å²) in [5.41, 5.74) is -0.873. The van der Waals surface area contributed by atoms with Crippen LogP contribution in [0.1, 0.15) is 22.7 Å². The standard InChI is InChI=1S/C21H20F3NO5/c1-28-16-10-8-13(12-17(16)29-2)9-11-18(26)25-19(20(27)30-3)14-6-4-5-7-15(14)21(22,23)24/h4-12,19H,1-3H3,(H,25,26)/b11-9+/t19-/m0/s1. The number of halogens is 3. The van der Waals surface area contributed by atoms with Gasteiger partial charge in [-0.3, -0.25) is 4.79 Å². The van der Waals surface area contributed by atoms with Crippen LogP contribution in [0.15, 0.2) is 48.5 Å². The summed E-state index contributed by atoms with van der Waals surface area (Å²) in [5.74, 6) is -0.878. The minimum Gasteiger partial charge on any atom is -0.493 e. The van der Waals surface area contributed by atoms with Crippen LogP contribution in [0.5, 0.6) is 11.5 Å². The summed E-state index contributed by atoms with van der Waals surface area (Å²) >= 11 is 0. The fraction of sp³-hybridized carbons (Fsp3) is 0.238. The van der Waals surface area contributed by atoms with Crippen LogP contribution in [0, 0.1) is 0 Å². The molecule has 1 atom stereocenters. The molecule has 6 nitrogen and oxygen atoms in total. The Morgan fingerprint density at radius 1 is 1.00 bits per heavy atom. The fourth-order valence-corrected chi connectivity index (χ4v) is 2.71. The van der Waals surface area contributed by atoms with E-state index < -0.39 is 35.2 Å². The molecular formula is C21H20F3NO5. The van der Waals surface area contributed by atoms with Gasteiger partial charge in [0.05, 0.1) is 26.9 Å². The molecule has 0 saturated carbocycles. The number of hydrogen-bond donors (Lipinski definition) is 1. The van der Waals surface area contributed by atoms with Gasteiger partial charge in [-0.15, -0.1) is 0 Å². The second-order valence-electron chi connectivity index (χ2n) is 6.00. The van der Waals surface area contributed by atoms with Crippen molar-refractivity contribution in [3.05, 3.63) is 65.2 Å². The summed E-state index contributed by atoms with van der Waals surface area (Å²) in [7, 11) is 3.96. The number of amides is 1. The van der Waals surface area contributed by atoms with Gasteiger partial charge in [-0.1, -0.05) is 24.3 Å². The highest BCUT2D eigenvalue weighted by Gasteiger charge is 2.37. The lowest BCUT2D eigenvalue weighted by Crippen LogP contribution is -2.34. The number of rotatable bonds is 7. The van der Waals surface area contributed by atoms with Crippen LogP contribution in [0.25, 0.3) is 6.08 Å². The lowest BCUT2D eigenvalue weighted by atomic mass is 9.99. The second kappa shape index (κ2) is 9.82. The van der Waals surface area contributed by atoms with Gasteiger partial charge in [-0.05, 0) is 35.4 Å². The van der Waals surface area contributed by atoms with Gasteiger partial charge in [0.25, 0.3) is 0 Å². The van der Waals surface area contributed by atoms with Crippen LogP contribution in [0.4, 0.5) is 13.2 Å². The Balaban J connectivity index is 2.28. The molecule has 0 bridgehead atoms. The van der Waals surface area contributed by atoms with E-state index in [2.05, 4.69) is 10.1 Å². The third-order valence-electron chi connectivity index (χ3n) is 4.14. The Labute approximate surface area is 171 Å². The maximum Gasteiger partial charge on any atom is 0.416 e. The summed E-state index contributed by atoms with van der Waals surface area (Å²) in [6, 6.07) is 7.75. The maximum absolute atomic E-state index is 13.3. The predicted octanol–water partition coefficient (Wildman–Crippen LogP) is 3.77. The van der Waals surface area contributed by atoms with Gasteiger partial charge in [-0.2, -0.15) is 13.2 Å². The molecule has 0 aliphatic rings. The maximum atomic E-state index is 13.3. The summed E-state index contributed by atoms with van der Waals surface area (Å²) in [4.78, 5) is 24.4. The molecule has 0 radical (unpaired) electrons. The minimum atomic E-state index is -4.71. The van der Waals surface area contributed by atoms with Crippen molar-refractivity contribution in [2.24, 2.45) is 0 Å². The predicted molar refractivity (Wildman–Crippen MR) is 103 cm³/mol. The van der Waals surface area contributed by atoms with Crippen molar-refractivity contribution >= 4 is 18.0 Å². The molecule has 1 amide bonds. The fourth-order valence-electron chi connectivity index (χ4n) is 2.71. The number of benzene rings is 2. The van der Waals surface area contributed by atoms with E-state index in [1.54, 1.807) is 18.2 Å². The van der Waals surface area contributed by atoms with Crippen molar-refractivity contribution in [2.45, 2.75) is 12.2 Å². The van der Waals surface area contributed by atoms with Gasteiger partial charge in [0.2, 0.25) is 5.91 Å². The molecule has 30 heavy (non-hydrogen) atoms. The van der Waals surface area contributed by atoms with E-state index in [1.807, 2.05) is 0 Å². The van der Waals surface area contributed by atoms with Crippen molar-refractivity contribution in [3.8, 4) is 11.5 Å². The molecule has 0 fully saturated rings. The van der Waals surface area contributed by atoms with Crippen LogP contribution >= 0.6 is 0 Å². The van der Waals surface area contributed by atoms with Crippen LogP contribution in [0.2, 0.25) is 0 Å². The number of alkyl halides is 3. The molecule has 1 N–H and O–H groups in total. The molecule has 0 aliphatic carbocycles. The normalized spacial score (nSPS) is 12.3. The monoisotopic (exact) mass is 423 g/mol. The second-order valence-corrected chi connectivity index (χ2v) is 6.00. The molecular weight excluding hydrogens is 403 g/mol. The largest absolute Gasteiger partial charge is 0.493 e. The average molecular weight is 423 g/mol. The first-order valence-corrected chi connectivity index (χ1v) is 8.65. The third kappa shape index (κ3) is 5.53. The summed E-state index contributed by atoms with van der Waals surface area (Å²) in [5, 5.41) is 2.26. The first kappa shape index (κ1) is 22.8. The Kier molecular flexibility index (Phi) is 7.46. The Morgan fingerprint density at radius 3 is 2.27 bits per heavy atom. The molecule has 160 valence electrons. The molecule has 0 aliphatic heterocycles. The van der Waals surface area contributed by atoms with E-state index in [0.717, 1.165) is 25.3 Å². The summed E-state index contributed by atoms with van der Waals surface area (Å²) in [6.07, 6.45) is -2.20. The minimum absolute atomic E-state index is 0.412. The zero-order chi connectivity index (χ0) is 22.3. The third-order valence-corrected chi connectivity index (χ3v) is 4.14. The first-order valence-electron chi connectivity index (χ1n) is 8.65. The summed E-state index contributed by atoms with van der Waals surface area (Å²) < 4.78 is 54.8. The SMILES string of the molecule is COC(=O)[C@@H](NC(=O)/C=C/c1ccc(OC)c(OC)c1)c1ccccc1C(F)(F)F. The number of hydrogen-bond acceptors (Lipinski definition) is 5. The zero-order valence-corrected chi connectivity index (χ0v) is 16.4. The molecule has 2 aromatic carbocycles. The van der Waals surface area contributed by atoms with E-state index in [9.17, 15) is 22.8 Å². The van der Waals surface area contributed by atoms with Crippen molar-refractivity contribution in [3.63, 3.8) is 0 Å². The molecule has 0 spiro atoms. The first-order chi connectivity index (χ1) is 14.2.